The second kappa shape index (κ2) is 7.66. The fraction of sp³-hybridized carbons (Fsp3) is 0.467. The number of benzene rings is 1. The molecule has 0 bridgehead atoms. The number of nitrogens with zero attached hydrogens (tertiary/aromatic N) is 1. The van der Waals surface area contributed by atoms with Gasteiger partial charge in [0.2, 0.25) is 11.8 Å². The molecular weight excluding hydrogens is 351 g/mol. The van der Waals surface area contributed by atoms with Crippen molar-refractivity contribution in [1.29, 1.82) is 0 Å². The summed E-state index contributed by atoms with van der Waals surface area (Å²) < 4.78 is 65.6. The fourth-order valence-electron chi connectivity index (χ4n) is 2.48. The molecule has 0 aliphatic carbocycles. The first-order valence-electron chi connectivity index (χ1n) is 7.30. The van der Waals surface area contributed by atoms with E-state index in [-0.39, 0.29) is 25.3 Å². The van der Waals surface area contributed by atoms with E-state index in [1.54, 1.807) is 6.07 Å². The first-order valence-corrected chi connectivity index (χ1v) is 7.30. The molecular formula is C15H15F5N2O3. The highest BCUT2D eigenvalue weighted by Gasteiger charge is 2.40. The number of ether oxygens (including phenoxy) is 1. The van der Waals surface area contributed by atoms with E-state index in [1.807, 2.05) is 0 Å². The monoisotopic (exact) mass is 366 g/mol. The Bertz CT molecular complexity index is 636. The van der Waals surface area contributed by atoms with Gasteiger partial charge in [0.1, 0.15) is 12.3 Å². The molecule has 5 nitrogen and oxygen atoms in total. The highest BCUT2D eigenvalue weighted by atomic mass is 19.4. The van der Waals surface area contributed by atoms with Crippen LogP contribution in [0.5, 0.6) is 5.75 Å². The smallest absolute Gasteiger partial charge is 0.406 e. The number of alkyl halides is 5. The van der Waals surface area contributed by atoms with Crippen molar-refractivity contribution in [1.82, 2.24) is 10.2 Å². The number of carbonyl (C=O) groups is 2. The molecule has 1 unspecified atom stereocenters. The lowest BCUT2D eigenvalue weighted by Crippen LogP contribution is -2.37. The predicted octanol–water partition coefficient (Wildman–Crippen LogP) is 2.32. The summed E-state index contributed by atoms with van der Waals surface area (Å²) in [6.07, 6.45) is -4.82. The van der Waals surface area contributed by atoms with E-state index < -0.39 is 37.1 Å². The molecule has 1 aliphatic rings. The van der Waals surface area contributed by atoms with Crippen LogP contribution < -0.4 is 10.1 Å². The second-order valence-electron chi connectivity index (χ2n) is 5.53. The Morgan fingerprint density at radius 2 is 2.08 bits per heavy atom. The van der Waals surface area contributed by atoms with Gasteiger partial charge in [-0.05, 0) is 17.7 Å². The highest BCUT2D eigenvalue weighted by molar-refractivity contribution is 5.89. The van der Waals surface area contributed by atoms with E-state index in [9.17, 15) is 31.5 Å². The molecule has 2 amide bonds. The van der Waals surface area contributed by atoms with E-state index in [4.69, 9.17) is 0 Å². The first kappa shape index (κ1) is 18.9. The number of amides is 2. The van der Waals surface area contributed by atoms with E-state index in [0.29, 0.717) is 10.5 Å². The number of nitrogens with one attached hydrogen (secondary N) is 1. The Hall–Kier alpha value is -2.39. The van der Waals surface area contributed by atoms with Crippen LogP contribution in [0.1, 0.15) is 12.0 Å². The van der Waals surface area contributed by atoms with Crippen LogP contribution in [0, 0.1) is 5.92 Å². The Morgan fingerprint density at radius 3 is 2.72 bits per heavy atom. The number of halogens is 5. The third kappa shape index (κ3) is 5.87. The number of hydrogen-bond acceptors (Lipinski definition) is 3. The number of likely N-dealkylation sites (tertiary alicyclic amines) is 1. The van der Waals surface area contributed by atoms with Crippen molar-refractivity contribution in [2.75, 3.05) is 13.1 Å². The number of hydrogen-bond donors (Lipinski definition) is 1. The van der Waals surface area contributed by atoms with Gasteiger partial charge in [-0.3, -0.25) is 9.59 Å². The maximum atomic E-state index is 12.3. The average molecular weight is 366 g/mol. The summed E-state index contributed by atoms with van der Waals surface area (Å²) in [5.74, 6) is -2.26. The SMILES string of the molecule is O=C(NCc1cccc(OC(F)F)c1)C1CC(=O)N(CC(F)(F)F)C1. The molecule has 2 rings (SSSR count). The van der Waals surface area contributed by atoms with E-state index >= 15 is 0 Å². The third-order valence-electron chi connectivity index (χ3n) is 3.55. The Morgan fingerprint density at radius 1 is 1.36 bits per heavy atom. The van der Waals surface area contributed by atoms with Crippen LogP contribution in [0.25, 0.3) is 0 Å². The molecule has 1 saturated heterocycles. The molecule has 0 radical (unpaired) electrons. The summed E-state index contributed by atoms with van der Waals surface area (Å²) in [7, 11) is 0. The van der Waals surface area contributed by atoms with E-state index in [2.05, 4.69) is 10.1 Å². The molecule has 0 spiro atoms. The van der Waals surface area contributed by atoms with Crippen molar-refractivity contribution in [3.63, 3.8) is 0 Å². The van der Waals surface area contributed by atoms with Gasteiger partial charge in [-0.15, -0.1) is 0 Å². The average Bonchev–Trinajstić information content (AvgIpc) is 2.84. The largest absolute Gasteiger partial charge is 0.435 e. The Balaban J connectivity index is 1.88. The quantitative estimate of drug-likeness (QED) is 0.786. The van der Waals surface area contributed by atoms with E-state index in [0.717, 1.165) is 0 Å². The van der Waals surface area contributed by atoms with Crippen molar-refractivity contribution in [2.45, 2.75) is 25.8 Å². The van der Waals surface area contributed by atoms with Crippen LogP contribution in [-0.4, -0.2) is 42.6 Å². The topological polar surface area (TPSA) is 58.6 Å². The molecule has 1 heterocycles. The first-order chi connectivity index (χ1) is 11.6. The van der Waals surface area contributed by atoms with Gasteiger partial charge in [-0.1, -0.05) is 12.1 Å². The molecule has 0 aromatic heterocycles. The molecule has 1 aromatic rings. The van der Waals surface area contributed by atoms with Gasteiger partial charge < -0.3 is 15.0 Å². The summed E-state index contributed by atoms with van der Waals surface area (Å²) in [5.41, 5.74) is 0.475. The Labute approximate surface area is 139 Å². The summed E-state index contributed by atoms with van der Waals surface area (Å²) >= 11 is 0. The van der Waals surface area contributed by atoms with Gasteiger partial charge in [0.05, 0.1) is 5.92 Å². The molecule has 25 heavy (non-hydrogen) atoms. The molecule has 1 aromatic carbocycles. The van der Waals surface area contributed by atoms with Gasteiger partial charge in [0.15, 0.2) is 0 Å². The number of rotatable bonds is 6. The van der Waals surface area contributed by atoms with Crippen molar-refractivity contribution in [2.24, 2.45) is 5.92 Å². The zero-order chi connectivity index (χ0) is 18.6. The van der Waals surface area contributed by atoms with Crippen LogP contribution in [0.2, 0.25) is 0 Å². The minimum Gasteiger partial charge on any atom is -0.435 e. The van der Waals surface area contributed by atoms with Crippen molar-refractivity contribution in [3.05, 3.63) is 29.8 Å². The third-order valence-corrected chi connectivity index (χ3v) is 3.55. The maximum Gasteiger partial charge on any atom is 0.406 e. The van der Waals surface area contributed by atoms with Crippen LogP contribution in [0.15, 0.2) is 24.3 Å². The minimum absolute atomic E-state index is 0.0246. The van der Waals surface area contributed by atoms with Crippen LogP contribution in [0.4, 0.5) is 22.0 Å². The summed E-state index contributed by atoms with van der Waals surface area (Å²) in [6.45, 7) is -4.70. The van der Waals surface area contributed by atoms with Crippen LogP contribution in [-0.2, 0) is 16.1 Å². The lowest BCUT2D eigenvalue weighted by Gasteiger charge is -2.18. The molecule has 138 valence electrons. The van der Waals surface area contributed by atoms with Crippen molar-refractivity contribution < 1.29 is 36.3 Å². The van der Waals surface area contributed by atoms with E-state index in [1.165, 1.54) is 18.2 Å². The second-order valence-corrected chi connectivity index (χ2v) is 5.53. The lowest BCUT2D eigenvalue weighted by molar-refractivity contribution is -0.157. The zero-order valence-corrected chi connectivity index (χ0v) is 12.9. The molecule has 1 fully saturated rings. The minimum atomic E-state index is -4.52. The van der Waals surface area contributed by atoms with Gasteiger partial charge in [0.25, 0.3) is 0 Å². The number of carbonyl (C=O) groups excluding carboxylic acids is 2. The van der Waals surface area contributed by atoms with Gasteiger partial charge in [0, 0.05) is 19.5 Å². The Kier molecular flexibility index (Phi) is 5.81. The zero-order valence-electron chi connectivity index (χ0n) is 12.9. The van der Waals surface area contributed by atoms with Gasteiger partial charge in [-0.2, -0.15) is 22.0 Å². The molecule has 0 saturated carbocycles. The molecule has 1 N–H and O–H groups in total. The summed E-state index contributed by atoms with van der Waals surface area (Å²) in [6, 6.07) is 5.65. The van der Waals surface area contributed by atoms with Crippen LogP contribution >= 0.6 is 0 Å². The maximum absolute atomic E-state index is 12.3. The molecule has 1 atom stereocenters. The van der Waals surface area contributed by atoms with Gasteiger partial charge >= 0.3 is 12.8 Å². The highest BCUT2D eigenvalue weighted by Crippen LogP contribution is 2.24. The standard InChI is InChI=1S/C15H15F5N2O3/c16-14(17)25-11-3-1-2-9(4-11)6-21-13(24)10-5-12(23)22(7-10)8-15(18,19)20/h1-4,10,14H,5-8H2,(H,21,24). The molecule has 1 aliphatic heterocycles. The lowest BCUT2D eigenvalue weighted by atomic mass is 10.1. The van der Waals surface area contributed by atoms with Crippen LogP contribution in [0.3, 0.4) is 0 Å². The van der Waals surface area contributed by atoms with Crippen molar-refractivity contribution >= 4 is 11.8 Å². The van der Waals surface area contributed by atoms with Crippen molar-refractivity contribution in [3.8, 4) is 5.75 Å². The normalized spacial score (nSPS) is 17.9. The fourth-order valence-corrected chi connectivity index (χ4v) is 2.48. The summed E-state index contributed by atoms with van der Waals surface area (Å²) in [4.78, 5) is 24.2. The van der Waals surface area contributed by atoms with Gasteiger partial charge in [-0.25, -0.2) is 0 Å². The summed E-state index contributed by atoms with van der Waals surface area (Å²) in [5, 5.41) is 2.48. The predicted molar refractivity (Wildman–Crippen MR) is 75.7 cm³/mol. The molecule has 10 heteroatoms.